The molecule has 0 saturated carbocycles. The van der Waals surface area contributed by atoms with Crippen LogP contribution in [0.3, 0.4) is 0 Å². The fourth-order valence-electron chi connectivity index (χ4n) is 6.63. The molecule has 3 aromatic rings. The van der Waals surface area contributed by atoms with Crippen molar-refractivity contribution in [2.45, 2.75) is 58.8 Å². The first kappa shape index (κ1) is 30.7. The molecule has 43 heavy (non-hydrogen) atoms. The van der Waals surface area contributed by atoms with Gasteiger partial charge < -0.3 is 14.9 Å². The molecule has 0 spiro atoms. The molecule has 2 aliphatic heterocycles. The van der Waals surface area contributed by atoms with Crippen LogP contribution in [0.25, 0.3) is 22.3 Å². The average molecular weight is 609 g/mol. The van der Waals surface area contributed by atoms with Gasteiger partial charge in [0.25, 0.3) is 0 Å². The van der Waals surface area contributed by atoms with Crippen molar-refractivity contribution in [1.29, 1.82) is 0 Å². The van der Waals surface area contributed by atoms with Crippen molar-refractivity contribution in [3.63, 3.8) is 0 Å². The maximum Gasteiger partial charge on any atom is 0.351 e. The van der Waals surface area contributed by atoms with Crippen molar-refractivity contribution in [3.8, 4) is 17.0 Å². The number of hydrogen-bond acceptors (Lipinski definition) is 7. The summed E-state index contributed by atoms with van der Waals surface area (Å²) in [6, 6.07) is 4.84. The lowest BCUT2D eigenvalue weighted by Gasteiger charge is -2.45. The first-order valence-electron chi connectivity index (χ1n) is 14.5. The summed E-state index contributed by atoms with van der Waals surface area (Å²) < 4.78 is 16.7. The zero-order chi connectivity index (χ0) is 31.3. The van der Waals surface area contributed by atoms with Crippen LogP contribution >= 0.6 is 11.6 Å². The number of likely N-dealkylation sites (N-methyl/N-ethyl adjacent to an activating group) is 1. The maximum atomic E-state index is 15.1. The number of hydrogen-bond donors (Lipinski definition) is 1. The Kier molecular flexibility index (Phi) is 8.37. The first-order chi connectivity index (χ1) is 20.3. The van der Waals surface area contributed by atoms with Crippen molar-refractivity contribution in [1.82, 2.24) is 24.3 Å². The number of anilines is 1. The summed E-state index contributed by atoms with van der Waals surface area (Å²) in [4.78, 5) is 42.1. The molecule has 2 aliphatic rings. The molecular weight excluding hydrogens is 571 g/mol. The second-order valence-electron chi connectivity index (χ2n) is 12.0. The van der Waals surface area contributed by atoms with Crippen molar-refractivity contribution in [2.75, 3.05) is 31.6 Å². The molecule has 4 heterocycles. The first-order valence-corrected chi connectivity index (χ1v) is 14.9. The van der Waals surface area contributed by atoms with Crippen molar-refractivity contribution < 1.29 is 14.3 Å². The molecule has 1 amide bonds. The van der Waals surface area contributed by atoms with E-state index in [-0.39, 0.29) is 52.0 Å². The number of phenols is 1. The van der Waals surface area contributed by atoms with Gasteiger partial charge >= 0.3 is 5.69 Å². The molecule has 2 unspecified atom stereocenters. The van der Waals surface area contributed by atoms with Crippen LogP contribution in [-0.2, 0) is 4.79 Å². The Morgan fingerprint density at radius 1 is 1.21 bits per heavy atom. The van der Waals surface area contributed by atoms with Gasteiger partial charge in [0, 0.05) is 37.8 Å². The number of phenolic OH excluding ortho intramolecular Hbond substituents is 1. The Balaban J connectivity index is 1.81. The third-order valence-electron chi connectivity index (χ3n) is 8.74. The molecule has 0 aliphatic carbocycles. The molecule has 4 atom stereocenters. The highest BCUT2D eigenvalue weighted by Crippen LogP contribution is 2.40. The van der Waals surface area contributed by atoms with Gasteiger partial charge in [-0.3, -0.25) is 14.3 Å². The largest absolute Gasteiger partial charge is 0.507 e. The Morgan fingerprint density at radius 2 is 1.93 bits per heavy atom. The number of aromatic nitrogens is 3. The number of halogens is 2. The quantitative estimate of drug-likeness (QED) is 0.321. The highest BCUT2D eigenvalue weighted by Gasteiger charge is 2.38. The van der Waals surface area contributed by atoms with E-state index in [4.69, 9.17) is 16.6 Å². The summed E-state index contributed by atoms with van der Waals surface area (Å²) in [5.74, 6) is -0.576. The smallest absolute Gasteiger partial charge is 0.351 e. The van der Waals surface area contributed by atoms with Gasteiger partial charge in [0.05, 0.1) is 27.7 Å². The number of benzene rings is 1. The Hall–Kier alpha value is -3.76. The Bertz CT molecular complexity index is 1670. The van der Waals surface area contributed by atoms with Crippen LogP contribution in [0.4, 0.5) is 10.2 Å². The van der Waals surface area contributed by atoms with E-state index in [1.54, 1.807) is 15.5 Å². The van der Waals surface area contributed by atoms with E-state index in [0.717, 1.165) is 12.1 Å². The predicted molar refractivity (Wildman–Crippen MR) is 168 cm³/mol. The fraction of sp³-hybridized carbons (Fsp3) is 0.438. The lowest BCUT2D eigenvalue weighted by atomic mass is 9.87. The number of rotatable bonds is 5. The molecule has 0 radical (unpaired) electrons. The molecule has 9 nitrogen and oxygen atoms in total. The van der Waals surface area contributed by atoms with E-state index in [2.05, 4.69) is 36.4 Å². The zero-order valence-corrected chi connectivity index (χ0v) is 26.1. The summed E-state index contributed by atoms with van der Waals surface area (Å²) in [5, 5.41) is 11.3. The van der Waals surface area contributed by atoms with Crippen LogP contribution in [0.5, 0.6) is 5.75 Å². The third kappa shape index (κ3) is 5.31. The van der Waals surface area contributed by atoms with Crippen LogP contribution in [0.1, 0.15) is 40.7 Å². The van der Waals surface area contributed by atoms with Gasteiger partial charge in [0.2, 0.25) is 5.91 Å². The molecule has 11 heteroatoms. The number of piperazine rings is 1. The summed E-state index contributed by atoms with van der Waals surface area (Å²) in [7, 11) is 2.02. The molecular formula is C32H38ClFN6O3. The van der Waals surface area contributed by atoms with Crippen LogP contribution < -0.4 is 10.6 Å². The number of nitrogens with zero attached hydrogens (tertiary/aromatic N) is 6. The standard InChI is InChI=1S/C32H38ClFN6O3/c1-8-25(42)38-15-20(6)39(16-19(38)5)30-21-14-22(33)27(26-23(34)10-9-11-24(26)41)35-31(21)40(32(43)36-30)29-18(4)12-13-37(7)28(29)17(2)3/h8-12,14,17,19-20,28-29,41H,1,13,15-16H2,2-7H3/t19-,20+,28?,29?/m1/s1. The molecule has 1 fully saturated rings. The maximum absolute atomic E-state index is 15.1. The van der Waals surface area contributed by atoms with E-state index >= 15 is 4.39 Å². The van der Waals surface area contributed by atoms with Crippen LogP contribution in [0.2, 0.25) is 5.02 Å². The predicted octanol–water partition coefficient (Wildman–Crippen LogP) is 5.03. The number of fused-ring (bicyclic) bond motifs is 1. The van der Waals surface area contributed by atoms with Gasteiger partial charge in [0.1, 0.15) is 23.0 Å². The molecule has 228 valence electrons. The van der Waals surface area contributed by atoms with Crippen molar-refractivity contribution in [3.05, 3.63) is 69.9 Å². The van der Waals surface area contributed by atoms with Gasteiger partial charge in [0.15, 0.2) is 0 Å². The molecule has 1 aromatic carbocycles. The Labute approximate surface area is 255 Å². The lowest BCUT2D eigenvalue weighted by Crippen LogP contribution is -2.58. The zero-order valence-electron chi connectivity index (χ0n) is 25.4. The van der Waals surface area contributed by atoms with E-state index in [0.29, 0.717) is 29.9 Å². The second kappa shape index (κ2) is 11.7. The highest BCUT2D eigenvalue weighted by molar-refractivity contribution is 6.34. The third-order valence-corrected chi connectivity index (χ3v) is 9.03. The van der Waals surface area contributed by atoms with Gasteiger partial charge in [-0.15, -0.1) is 0 Å². The van der Waals surface area contributed by atoms with Gasteiger partial charge in [-0.1, -0.05) is 49.7 Å². The monoisotopic (exact) mass is 608 g/mol. The van der Waals surface area contributed by atoms with E-state index < -0.39 is 17.5 Å². The fourth-order valence-corrected chi connectivity index (χ4v) is 6.88. The molecule has 0 bridgehead atoms. The number of carbonyl (C=O) groups excluding carboxylic acids is 1. The topological polar surface area (TPSA) is 94.8 Å². The average Bonchev–Trinajstić information content (AvgIpc) is 2.95. The van der Waals surface area contributed by atoms with Gasteiger partial charge in [-0.25, -0.2) is 14.2 Å². The van der Waals surface area contributed by atoms with Crippen LogP contribution in [0.15, 0.2) is 53.4 Å². The molecule has 2 aromatic heterocycles. The summed E-state index contributed by atoms with van der Waals surface area (Å²) in [5.41, 5.74) is 0.688. The SMILES string of the molecule is C=CC(=O)N1C[C@H](C)N(c2nc(=O)n(C3C(C)=CCN(C)C3C(C)C)c3nc(-c4c(O)cccc4F)c(Cl)cc23)C[C@H]1C. The summed E-state index contributed by atoms with van der Waals surface area (Å²) in [6.07, 6.45) is 3.40. The molecule has 1 N–H and O–H groups in total. The molecule has 5 rings (SSSR count). The number of carbonyl (C=O) groups is 1. The minimum atomic E-state index is -0.684. The minimum absolute atomic E-state index is 0.0322. The normalized spacial score (nSPS) is 23.1. The number of amides is 1. The number of aromatic hydroxyl groups is 1. The summed E-state index contributed by atoms with van der Waals surface area (Å²) in [6.45, 7) is 15.3. The lowest BCUT2D eigenvalue weighted by molar-refractivity contribution is -0.128. The van der Waals surface area contributed by atoms with Crippen LogP contribution in [0, 0.1) is 11.7 Å². The highest BCUT2D eigenvalue weighted by atomic mass is 35.5. The number of pyridine rings is 1. The van der Waals surface area contributed by atoms with Crippen molar-refractivity contribution in [2.24, 2.45) is 5.92 Å². The van der Waals surface area contributed by atoms with E-state index in [9.17, 15) is 14.7 Å². The van der Waals surface area contributed by atoms with E-state index in [1.165, 1.54) is 24.3 Å². The Morgan fingerprint density at radius 3 is 2.58 bits per heavy atom. The second-order valence-corrected chi connectivity index (χ2v) is 12.4. The molecule has 1 saturated heterocycles. The minimum Gasteiger partial charge on any atom is -0.507 e. The van der Waals surface area contributed by atoms with Gasteiger partial charge in [-0.2, -0.15) is 4.98 Å². The summed E-state index contributed by atoms with van der Waals surface area (Å²) >= 11 is 6.79. The van der Waals surface area contributed by atoms with Gasteiger partial charge in [-0.05, 0) is 58.0 Å². The van der Waals surface area contributed by atoms with E-state index in [1.807, 2.05) is 32.7 Å². The van der Waals surface area contributed by atoms with Crippen molar-refractivity contribution >= 4 is 34.4 Å². The van der Waals surface area contributed by atoms with Crippen LogP contribution in [-0.4, -0.2) is 80.2 Å².